The van der Waals surface area contributed by atoms with Crippen LogP contribution in [0.5, 0.6) is 5.75 Å². The SMILES string of the molecule is CC(C)C(C)(O)CNC(=O)NCc1ccccc1OC(C)(C)C. The van der Waals surface area contributed by atoms with Gasteiger partial charge in [-0.05, 0) is 39.7 Å². The van der Waals surface area contributed by atoms with E-state index in [1.807, 2.05) is 58.9 Å². The topological polar surface area (TPSA) is 70.6 Å². The zero-order valence-corrected chi connectivity index (χ0v) is 15.1. The molecule has 130 valence electrons. The van der Waals surface area contributed by atoms with E-state index >= 15 is 0 Å². The van der Waals surface area contributed by atoms with Crippen molar-refractivity contribution in [1.29, 1.82) is 0 Å². The molecule has 1 atom stereocenters. The molecule has 0 heterocycles. The summed E-state index contributed by atoms with van der Waals surface area (Å²) in [4.78, 5) is 11.9. The Kier molecular flexibility index (Phi) is 6.45. The van der Waals surface area contributed by atoms with Crippen molar-refractivity contribution in [3.63, 3.8) is 0 Å². The van der Waals surface area contributed by atoms with Gasteiger partial charge >= 0.3 is 6.03 Å². The monoisotopic (exact) mass is 322 g/mol. The van der Waals surface area contributed by atoms with Crippen LogP contribution < -0.4 is 15.4 Å². The Hall–Kier alpha value is -1.75. The summed E-state index contributed by atoms with van der Waals surface area (Å²) < 4.78 is 5.90. The lowest BCUT2D eigenvalue weighted by Crippen LogP contribution is -2.47. The van der Waals surface area contributed by atoms with Crippen LogP contribution in [0, 0.1) is 5.92 Å². The van der Waals surface area contributed by atoms with Crippen LogP contribution in [-0.2, 0) is 6.54 Å². The maximum atomic E-state index is 11.9. The zero-order valence-electron chi connectivity index (χ0n) is 15.1. The second-order valence-corrected chi connectivity index (χ2v) is 7.37. The zero-order chi connectivity index (χ0) is 17.7. The smallest absolute Gasteiger partial charge is 0.315 e. The number of carbonyl (C=O) groups is 1. The molecule has 0 aromatic heterocycles. The highest BCUT2D eigenvalue weighted by Gasteiger charge is 2.25. The normalized spacial score (nSPS) is 14.3. The predicted octanol–water partition coefficient (Wildman–Crippen LogP) is 3.07. The molecule has 3 N–H and O–H groups in total. The Morgan fingerprint density at radius 1 is 1.17 bits per heavy atom. The van der Waals surface area contributed by atoms with E-state index in [9.17, 15) is 9.90 Å². The maximum Gasteiger partial charge on any atom is 0.315 e. The third-order valence-corrected chi connectivity index (χ3v) is 3.68. The van der Waals surface area contributed by atoms with Gasteiger partial charge in [-0.25, -0.2) is 4.79 Å². The number of aliphatic hydroxyl groups is 1. The number of amides is 2. The number of rotatable bonds is 6. The predicted molar refractivity (Wildman–Crippen MR) is 92.5 cm³/mol. The van der Waals surface area contributed by atoms with Crippen LogP contribution in [0.25, 0.3) is 0 Å². The van der Waals surface area contributed by atoms with Crippen LogP contribution in [-0.4, -0.2) is 28.9 Å². The fourth-order valence-electron chi connectivity index (χ4n) is 1.78. The van der Waals surface area contributed by atoms with Crippen molar-refractivity contribution in [1.82, 2.24) is 10.6 Å². The highest BCUT2D eigenvalue weighted by molar-refractivity contribution is 5.74. The van der Waals surface area contributed by atoms with Gasteiger partial charge in [-0.15, -0.1) is 0 Å². The first-order valence-corrected chi connectivity index (χ1v) is 8.02. The van der Waals surface area contributed by atoms with E-state index in [1.54, 1.807) is 6.92 Å². The number of urea groups is 1. The van der Waals surface area contributed by atoms with Gasteiger partial charge in [0.1, 0.15) is 11.4 Å². The minimum atomic E-state index is -0.926. The van der Waals surface area contributed by atoms with Gasteiger partial charge in [-0.1, -0.05) is 32.0 Å². The molecule has 0 radical (unpaired) electrons. The number of carbonyl (C=O) groups excluding carboxylic acids is 1. The molecule has 0 saturated heterocycles. The van der Waals surface area contributed by atoms with Gasteiger partial charge in [0.05, 0.1) is 5.60 Å². The van der Waals surface area contributed by atoms with Crippen molar-refractivity contribution in [2.75, 3.05) is 6.54 Å². The summed E-state index contributed by atoms with van der Waals surface area (Å²) >= 11 is 0. The lowest BCUT2D eigenvalue weighted by Gasteiger charge is -2.28. The molecule has 5 nitrogen and oxygen atoms in total. The molecule has 1 aromatic carbocycles. The Morgan fingerprint density at radius 3 is 2.35 bits per heavy atom. The van der Waals surface area contributed by atoms with E-state index in [1.165, 1.54) is 0 Å². The molecule has 0 aliphatic carbocycles. The summed E-state index contributed by atoms with van der Waals surface area (Å²) in [5.41, 5.74) is -0.313. The number of ether oxygens (including phenoxy) is 1. The summed E-state index contributed by atoms with van der Waals surface area (Å²) in [5.74, 6) is 0.818. The Morgan fingerprint density at radius 2 is 1.78 bits per heavy atom. The maximum absolute atomic E-state index is 11.9. The number of benzene rings is 1. The molecule has 1 unspecified atom stereocenters. The lowest BCUT2D eigenvalue weighted by molar-refractivity contribution is 0.0166. The van der Waals surface area contributed by atoms with Gasteiger partial charge in [0, 0.05) is 18.7 Å². The van der Waals surface area contributed by atoms with Crippen molar-refractivity contribution in [2.24, 2.45) is 5.92 Å². The van der Waals surface area contributed by atoms with Crippen LogP contribution in [0.2, 0.25) is 0 Å². The molecule has 0 aliphatic rings. The molecule has 0 fully saturated rings. The quantitative estimate of drug-likeness (QED) is 0.754. The van der Waals surface area contributed by atoms with E-state index < -0.39 is 5.60 Å². The summed E-state index contributed by atoms with van der Waals surface area (Å²) in [6, 6.07) is 7.32. The van der Waals surface area contributed by atoms with Gasteiger partial charge in [-0.3, -0.25) is 0 Å². The van der Waals surface area contributed by atoms with Crippen LogP contribution in [0.15, 0.2) is 24.3 Å². The molecular weight excluding hydrogens is 292 g/mol. The van der Waals surface area contributed by atoms with Crippen molar-refractivity contribution < 1.29 is 14.6 Å². The minimum Gasteiger partial charge on any atom is -0.488 e. The minimum absolute atomic E-state index is 0.0590. The fourth-order valence-corrected chi connectivity index (χ4v) is 1.78. The van der Waals surface area contributed by atoms with Crippen LogP contribution >= 0.6 is 0 Å². The van der Waals surface area contributed by atoms with Crippen LogP contribution in [0.3, 0.4) is 0 Å². The number of hydrogen-bond acceptors (Lipinski definition) is 3. The molecule has 2 amide bonds. The van der Waals surface area contributed by atoms with Gasteiger partial charge < -0.3 is 20.5 Å². The fraction of sp³-hybridized carbons (Fsp3) is 0.611. The average Bonchev–Trinajstić information content (AvgIpc) is 2.42. The number of hydrogen-bond donors (Lipinski definition) is 3. The third kappa shape index (κ3) is 6.91. The molecule has 1 aromatic rings. The molecule has 1 rings (SSSR count). The Bertz CT molecular complexity index is 519. The molecule has 23 heavy (non-hydrogen) atoms. The highest BCUT2D eigenvalue weighted by atomic mass is 16.5. The second kappa shape index (κ2) is 7.68. The van der Waals surface area contributed by atoms with Crippen molar-refractivity contribution in [2.45, 2.75) is 59.3 Å². The second-order valence-electron chi connectivity index (χ2n) is 7.37. The first-order valence-electron chi connectivity index (χ1n) is 8.02. The van der Waals surface area contributed by atoms with Gasteiger partial charge in [-0.2, -0.15) is 0 Å². The summed E-state index contributed by atoms with van der Waals surface area (Å²) in [7, 11) is 0. The Labute approximate surface area is 139 Å². The van der Waals surface area contributed by atoms with Gasteiger partial charge in [0.15, 0.2) is 0 Å². The average molecular weight is 322 g/mol. The van der Waals surface area contributed by atoms with Crippen molar-refractivity contribution in [3.05, 3.63) is 29.8 Å². The molecule has 0 bridgehead atoms. The molecule has 5 heteroatoms. The molecule has 0 spiro atoms. The molecule has 0 saturated carbocycles. The molecule has 0 aliphatic heterocycles. The van der Waals surface area contributed by atoms with E-state index in [2.05, 4.69) is 10.6 Å². The lowest BCUT2D eigenvalue weighted by atomic mass is 9.93. The van der Waals surface area contributed by atoms with Gasteiger partial charge in [0.25, 0.3) is 0 Å². The van der Waals surface area contributed by atoms with E-state index in [-0.39, 0.29) is 24.1 Å². The summed E-state index contributed by atoms with van der Waals surface area (Å²) in [6.45, 7) is 12.1. The Balaban J connectivity index is 2.57. The number of para-hydroxylation sites is 1. The first-order chi connectivity index (χ1) is 10.5. The van der Waals surface area contributed by atoms with E-state index in [4.69, 9.17) is 4.74 Å². The third-order valence-electron chi connectivity index (χ3n) is 3.68. The standard InChI is InChI=1S/C18H30N2O3/c1-13(2)18(6,22)12-20-16(21)19-11-14-9-7-8-10-15(14)23-17(3,4)5/h7-10,13,22H,11-12H2,1-6H3,(H2,19,20,21). The highest BCUT2D eigenvalue weighted by Crippen LogP contribution is 2.22. The van der Waals surface area contributed by atoms with Crippen molar-refractivity contribution >= 4 is 6.03 Å². The van der Waals surface area contributed by atoms with Crippen molar-refractivity contribution in [3.8, 4) is 5.75 Å². The largest absolute Gasteiger partial charge is 0.488 e. The summed E-state index contributed by atoms with van der Waals surface area (Å²) in [6.07, 6.45) is 0. The van der Waals surface area contributed by atoms with E-state index in [0.717, 1.165) is 11.3 Å². The van der Waals surface area contributed by atoms with E-state index in [0.29, 0.717) is 6.54 Å². The number of nitrogens with one attached hydrogen (secondary N) is 2. The van der Waals surface area contributed by atoms with Crippen LogP contribution in [0.4, 0.5) is 4.79 Å². The summed E-state index contributed by atoms with van der Waals surface area (Å²) in [5, 5.41) is 15.6. The van der Waals surface area contributed by atoms with Crippen LogP contribution in [0.1, 0.15) is 47.1 Å². The first kappa shape index (κ1) is 19.3. The molecular formula is C18H30N2O3. The van der Waals surface area contributed by atoms with Gasteiger partial charge in [0.2, 0.25) is 0 Å².